The summed E-state index contributed by atoms with van der Waals surface area (Å²) < 4.78 is 5.06. The van der Waals surface area contributed by atoms with Crippen molar-refractivity contribution in [3.8, 4) is 0 Å². The zero-order valence-corrected chi connectivity index (χ0v) is 7.55. The van der Waals surface area contributed by atoms with Gasteiger partial charge in [-0.1, -0.05) is 6.82 Å². The average molecular weight is 154 g/mol. The number of nitrogens with zero attached hydrogens (tertiary/aromatic N) is 2. The Kier molecular flexibility index (Phi) is 3.97. The Balaban J connectivity index is 2.14. The maximum atomic E-state index is 5.06. The van der Waals surface area contributed by atoms with Gasteiger partial charge in [0, 0.05) is 20.2 Å². The highest BCUT2D eigenvalue weighted by atomic mass is 16.4. The van der Waals surface area contributed by atoms with Crippen molar-refractivity contribution < 1.29 is 4.65 Å². The van der Waals surface area contributed by atoms with E-state index in [2.05, 4.69) is 16.4 Å². The molecule has 1 heterocycles. The molecule has 5 heteroatoms. The molecule has 0 radical (unpaired) electrons. The van der Waals surface area contributed by atoms with Gasteiger partial charge in [-0.25, -0.2) is 0 Å². The Morgan fingerprint density at radius 1 is 1.09 bits per heavy atom. The summed E-state index contributed by atoms with van der Waals surface area (Å²) in [4.78, 5) is 4.80. The van der Waals surface area contributed by atoms with Crippen LogP contribution in [0.3, 0.4) is 0 Å². The molecule has 1 aliphatic rings. The molecule has 0 N–H and O–H groups in total. The predicted molar refractivity (Wildman–Crippen MR) is 50.3 cm³/mol. The molecule has 0 aromatic carbocycles. The fourth-order valence-corrected chi connectivity index (χ4v) is 1.42. The minimum absolute atomic E-state index is 0.789. The normalized spacial score (nSPS) is 21.6. The Hall–Kier alpha value is 0.00987. The van der Waals surface area contributed by atoms with Crippen molar-refractivity contribution in [3.63, 3.8) is 0 Å². The Morgan fingerprint density at radius 3 is 2.09 bits per heavy atom. The molecule has 3 nitrogen and oxygen atoms in total. The van der Waals surface area contributed by atoms with Gasteiger partial charge >= 0.3 is 7.62 Å². The van der Waals surface area contributed by atoms with E-state index in [0.29, 0.717) is 0 Å². The van der Waals surface area contributed by atoms with Gasteiger partial charge in [0.25, 0.3) is 0 Å². The summed E-state index contributed by atoms with van der Waals surface area (Å²) in [6.07, 6.45) is 0. The first-order chi connectivity index (χ1) is 5.36. The van der Waals surface area contributed by atoms with Crippen molar-refractivity contribution in [1.82, 2.24) is 9.62 Å². The first-order valence-electron chi connectivity index (χ1n) is 4.30. The van der Waals surface area contributed by atoms with Gasteiger partial charge in [0.2, 0.25) is 7.41 Å². The smallest absolute Gasteiger partial charge is 0.363 e. The van der Waals surface area contributed by atoms with Gasteiger partial charge < -0.3 is 14.3 Å². The SMILES string of the molecule is CBN1CCN(BOC)CC1. The summed E-state index contributed by atoms with van der Waals surface area (Å²) in [7, 11) is 3.73. The summed E-state index contributed by atoms with van der Waals surface area (Å²) in [6.45, 7) is 6.91. The third-order valence-corrected chi connectivity index (χ3v) is 2.22. The van der Waals surface area contributed by atoms with Gasteiger partial charge in [-0.3, -0.25) is 0 Å². The van der Waals surface area contributed by atoms with Crippen molar-refractivity contribution in [3.05, 3.63) is 0 Å². The lowest BCUT2D eigenvalue weighted by atomic mass is 9.94. The molecule has 0 unspecified atom stereocenters. The van der Waals surface area contributed by atoms with E-state index in [1.165, 1.54) is 20.5 Å². The van der Waals surface area contributed by atoms with Gasteiger partial charge in [0.15, 0.2) is 0 Å². The monoisotopic (exact) mass is 154 g/mol. The van der Waals surface area contributed by atoms with Crippen LogP contribution in [-0.2, 0) is 4.65 Å². The fourth-order valence-electron chi connectivity index (χ4n) is 1.42. The molecule has 1 saturated heterocycles. The van der Waals surface area contributed by atoms with E-state index in [1.807, 2.05) is 0 Å². The van der Waals surface area contributed by atoms with Crippen molar-refractivity contribution in [2.24, 2.45) is 0 Å². The van der Waals surface area contributed by atoms with Crippen LogP contribution < -0.4 is 0 Å². The van der Waals surface area contributed by atoms with Crippen LogP contribution in [0.1, 0.15) is 0 Å². The van der Waals surface area contributed by atoms with Crippen molar-refractivity contribution in [2.45, 2.75) is 6.82 Å². The summed E-state index contributed by atoms with van der Waals surface area (Å²) in [5.74, 6) is 0. The largest absolute Gasteiger partial charge is 0.427 e. The average Bonchev–Trinajstić information content (AvgIpc) is 2.07. The number of hydrogen-bond acceptors (Lipinski definition) is 3. The number of rotatable bonds is 3. The quantitative estimate of drug-likeness (QED) is 0.480. The fraction of sp³-hybridized carbons (Fsp3) is 1.00. The first-order valence-corrected chi connectivity index (χ1v) is 4.30. The van der Waals surface area contributed by atoms with Crippen LogP contribution >= 0.6 is 0 Å². The van der Waals surface area contributed by atoms with Crippen molar-refractivity contribution >= 4 is 15.0 Å². The lowest BCUT2D eigenvalue weighted by Crippen LogP contribution is -2.48. The molecule has 62 valence electrons. The molecular formula is C6H16B2N2O. The third-order valence-electron chi connectivity index (χ3n) is 2.22. The second kappa shape index (κ2) is 4.80. The van der Waals surface area contributed by atoms with Gasteiger partial charge in [-0.2, -0.15) is 0 Å². The zero-order valence-electron chi connectivity index (χ0n) is 7.55. The molecule has 0 atom stereocenters. The molecule has 0 aliphatic carbocycles. The van der Waals surface area contributed by atoms with E-state index in [9.17, 15) is 0 Å². The van der Waals surface area contributed by atoms with E-state index in [0.717, 1.165) is 20.7 Å². The highest BCUT2D eigenvalue weighted by Gasteiger charge is 2.15. The molecule has 0 aromatic heterocycles. The molecule has 0 bridgehead atoms. The molecule has 0 saturated carbocycles. The third kappa shape index (κ3) is 2.85. The van der Waals surface area contributed by atoms with Crippen LogP contribution in [0.2, 0.25) is 6.82 Å². The molecule has 1 aliphatic heterocycles. The van der Waals surface area contributed by atoms with Gasteiger partial charge in [-0.15, -0.1) is 0 Å². The van der Waals surface area contributed by atoms with E-state index in [1.54, 1.807) is 7.11 Å². The van der Waals surface area contributed by atoms with Gasteiger partial charge in [0.05, 0.1) is 0 Å². The summed E-state index contributed by atoms with van der Waals surface area (Å²) >= 11 is 0. The summed E-state index contributed by atoms with van der Waals surface area (Å²) in [5, 5.41) is 0. The van der Waals surface area contributed by atoms with Crippen molar-refractivity contribution in [2.75, 3.05) is 33.3 Å². The van der Waals surface area contributed by atoms with E-state index in [4.69, 9.17) is 4.65 Å². The molecule has 0 aromatic rings. The Labute approximate surface area is 70.2 Å². The van der Waals surface area contributed by atoms with Crippen LogP contribution in [0, 0.1) is 0 Å². The molecular weight excluding hydrogens is 138 g/mol. The summed E-state index contributed by atoms with van der Waals surface area (Å²) in [5.41, 5.74) is 0. The lowest BCUT2D eigenvalue weighted by molar-refractivity contribution is 0.251. The Bertz CT molecular complexity index is 107. The van der Waals surface area contributed by atoms with Crippen LogP contribution in [-0.4, -0.2) is 57.9 Å². The highest BCUT2D eigenvalue weighted by molar-refractivity contribution is 6.30. The summed E-state index contributed by atoms with van der Waals surface area (Å²) in [6, 6.07) is 0. The molecule has 1 rings (SSSR count). The van der Waals surface area contributed by atoms with Crippen LogP contribution in [0.4, 0.5) is 0 Å². The lowest BCUT2D eigenvalue weighted by Gasteiger charge is -2.33. The topological polar surface area (TPSA) is 15.7 Å². The molecule has 0 spiro atoms. The second-order valence-corrected chi connectivity index (χ2v) is 2.97. The zero-order chi connectivity index (χ0) is 8.10. The second-order valence-electron chi connectivity index (χ2n) is 2.97. The maximum Gasteiger partial charge on any atom is 0.363 e. The molecule has 1 fully saturated rings. The minimum atomic E-state index is 0.789. The van der Waals surface area contributed by atoms with Crippen LogP contribution in [0.15, 0.2) is 0 Å². The first kappa shape index (κ1) is 9.10. The van der Waals surface area contributed by atoms with Gasteiger partial charge in [-0.05, 0) is 13.1 Å². The van der Waals surface area contributed by atoms with E-state index in [-0.39, 0.29) is 0 Å². The Morgan fingerprint density at radius 2 is 1.64 bits per heavy atom. The van der Waals surface area contributed by atoms with Gasteiger partial charge in [0.1, 0.15) is 0 Å². The van der Waals surface area contributed by atoms with E-state index >= 15 is 0 Å². The minimum Gasteiger partial charge on any atom is -0.427 e. The highest BCUT2D eigenvalue weighted by Crippen LogP contribution is 1.97. The molecule has 0 amide bonds. The van der Waals surface area contributed by atoms with Crippen LogP contribution in [0.5, 0.6) is 0 Å². The predicted octanol–water partition coefficient (Wildman–Crippen LogP) is -1.08. The van der Waals surface area contributed by atoms with E-state index < -0.39 is 0 Å². The van der Waals surface area contributed by atoms with Crippen molar-refractivity contribution in [1.29, 1.82) is 0 Å². The maximum absolute atomic E-state index is 5.06. The number of piperazine rings is 1. The molecule has 11 heavy (non-hydrogen) atoms. The van der Waals surface area contributed by atoms with Crippen LogP contribution in [0.25, 0.3) is 0 Å². The standard InChI is InChI=1S/C6H16B2N2O/c1-7-9-3-5-10(6-4-9)8-11-2/h7-8H,3-6H2,1-2H3. The number of hydrogen-bond donors (Lipinski definition) is 0.